The Balaban J connectivity index is 0.000000600. The molecule has 3 radical (unpaired) electrons. The molecule has 0 unspecified atom stereocenters. The number of rotatable bonds is 9. The zero-order valence-electron chi connectivity index (χ0n) is 53.8. The normalized spacial score (nSPS) is 9.54. The number of allylic oxidation sites excluding steroid dienone is 2. The number of hydrogen-bond acceptors (Lipinski definition) is 11. The first kappa shape index (κ1) is 92.3. The van der Waals surface area contributed by atoms with E-state index in [4.69, 9.17) is 15.3 Å². The van der Waals surface area contributed by atoms with E-state index in [0.29, 0.717) is 33.9 Å². The maximum atomic E-state index is 13.5. The number of halogens is 8. The first-order chi connectivity index (χ1) is 47.8. The van der Waals surface area contributed by atoms with Gasteiger partial charge in [0.2, 0.25) is 0 Å². The average molecular weight is 2300 g/mol. The number of ketones is 1. The Hall–Kier alpha value is -9.72. The Morgan fingerprint density at radius 2 is 0.654 bits per heavy atom. The molecule has 0 saturated heterocycles. The third kappa shape index (κ3) is 33.2. The number of aromatic nitrogens is 7. The van der Waals surface area contributed by atoms with Gasteiger partial charge in [-0.05, 0) is 109 Å². The molecule has 0 fully saturated rings. The molecule has 13 aromatic rings. The fourth-order valence-electron chi connectivity index (χ4n) is 7.85. The van der Waals surface area contributed by atoms with E-state index in [0.717, 1.165) is 53.2 Å². The van der Waals surface area contributed by atoms with Crippen molar-refractivity contribution < 1.29 is 167 Å². The van der Waals surface area contributed by atoms with E-state index >= 15 is 0 Å². The summed E-state index contributed by atoms with van der Waals surface area (Å²) in [5.74, 6) is -6.61. The van der Waals surface area contributed by atoms with Crippen LogP contribution in [0.4, 0.5) is 35.1 Å². The monoisotopic (exact) mass is 2310 g/mol. The second-order valence-corrected chi connectivity index (χ2v) is 19.5. The fourth-order valence-corrected chi connectivity index (χ4v) is 7.85. The van der Waals surface area contributed by atoms with Gasteiger partial charge >= 0.3 is 11.9 Å². The molecule has 0 bridgehead atoms. The minimum absolute atomic E-state index is 0. The Kier molecular flexibility index (Phi) is 44.9. The van der Waals surface area contributed by atoms with Crippen molar-refractivity contribution in [3.05, 3.63) is 368 Å². The van der Waals surface area contributed by atoms with Gasteiger partial charge < -0.3 is 40.2 Å². The Bertz CT molecular complexity index is 4370. The predicted octanol–water partition coefficient (Wildman–Crippen LogP) is 18.1. The third-order valence-corrected chi connectivity index (χ3v) is 12.1. The Morgan fingerprint density at radius 3 is 0.913 bits per heavy atom. The van der Waals surface area contributed by atoms with Crippen LogP contribution in [0.15, 0.2) is 280 Å². The number of carbonyl (C=O) groups is 3. The maximum absolute atomic E-state index is 13.5. The molecule has 0 atom stereocenters. The van der Waals surface area contributed by atoms with Gasteiger partial charge in [0, 0.05) is 193 Å². The molecule has 0 aliphatic carbocycles. The first-order valence-electron chi connectivity index (χ1n) is 29.0. The number of aromatic carboxylic acids is 2. The number of pyridine rings is 7. The van der Waals surface area contributed by atoms with Crippen molar-refractivity contribution in [2.75, 3.05) is 0 Å². The van der Waals surface area contributed by atoms with Gasteiger partial charge in [0.15, 0.2) is 5.78 Å². The maximum Gasteiger partial charge on any atom is 0.354 e. The van der Waals surface area contributed by atoms with E-state index in [1.54, 1.807) is 122 Å². The molecular formula is C78H54F8Ir3N7O6Pt2-5. The largest absolute Gasteiger partial charge is 0.512 e. The van der Waals surface area contributed by atoms with E-state index in [1.807, 2.05) is 60.7 Å². The summed E-state index contributed by atoms with van der Waals surface area (Å²) >= 11 is 0. The average Bonchev–Trinajstić information content (AvgIpc) is 0.791. The van der Waals surface area contributed by atoms with Gasteiger partial charge in [0.1, 0.15) is 17.2 Å². The molecule has 13 nitrogen and oxygen atoms in total. The summed E-state index contributed by atoms with van der Waals surface area (Å²) < 4.78 is 104. The molecule has 13 rings (SSSR count). The van der Waals surface area contributed by atoms with Crippen molar-refractivity contribution in [3.8, 4) is 67.4 Å². The van der Waals surface area contributed by atoms with Crippen molar-refractivity contribution in [1.29, 1.82) is 0 Å². The molecule has 545 valence electrons. The molecule has 6 aromatic carbocycles. The Labute approximate surface area is 663 Å². The van der Waals surface area contributed by atoms with Gasteiger partial charge in [-0.1, -0.05) is 131 Å². The number of nitrogens with zero attached hydrogens (tertiary/aromatic N) is 7. The zero-order chi connectivity index (χ0) is 71.3. The summed E-state index contributed by atoms with van der Waals surface area (Å²) in [6.45, 7) is 2.85. The van der Waals surface area contributed by atoms with Crippen LogP contribution in [0.25, 0.3) is 67.4 Å². The zero-order valence-corrected chi connectivity index (χ0v) is 65.6. The van der Waals surface area contributed by atoms with Gasteiger partial charge in [-0.3, -0.25) is 35.5 Å². The molecule has 3 N–H and O–H groups in total. The van der Waals surface area contributed by atoms with Crippen molar-refractivity contribution in [2.45, 2.75) is 13.8 Å². The van der Waals surface area contributed by atoms with Crippen LogP contribution in [0.2, 0.25) is 0 Å². The fraction of sp³-hybridized carbons (Fsp3) is 0.0256. The predicted molar refractivity (Wildman–Crippen MR) is 357 cm³/mol. The summed E-state index contributed by atoms with van der Waals surface area (Å²) in [6.07, 6.45) is 12.2. The van der Waals surface area contributed by atoms with Gasteiger partial charge in [-0.15, -0.1) is 96.1 Å². The number of aliphatic hydroxyl groups is 1. The van der Waals surface area contributed by atoms with Crippen LogP contribution >= 0.6 is 0 Å². The smallest absolute Gasteiger partial charge is 0.354 e. The second-order valence-electron chi connectivity index (χ2n) is 19.5. The molecule has 26 heteroatoms. The van der Waals surface area contributed by atoms with Crippen molar-refractivity contribution in [3.63, 3.8) is 0 Å². The van der Waals surface area contributed by atoms with Crippen LogP contribution in [0.1, 0.15) is 34.8 Å². The van der Waals surface area contributed by atoms with Crippen LogP contribution in [0, 0.1) is 76.9 Å². The van der Waals surface area contributed by atoms with Gasteiger partial charge in [-0.2, -0.15) is 0 Å². The molecule has 7 aromatic heterocycles. The quantitative estimate of drug-likeness (QED) is 0.0534. The van der Waals surface area contributed by atoms with Crippen LogP contribution in [0.3, 0.4) is 0 Å². The van der Waals surface area contributed by atoms with Gasteiger partial charge in [0.05, 0.1) is 5.76 Å². The molecule has 7 heterocycles. The van der Waals surface area contributed by atoms with E-state index in [9.17, 15) is 49.5 Å². The molecule has 104 heavy (non-hydrogen) atoms. The molecule has 0 aliphatic heterocycles. The van der Waals surface area contributed by atoms with Crippen LogP contribution < -0.4 is 0 Å². The molecule has 0 spiro atoms. The van der Waals surface area contributed by atoms with Crippen molar-refractivity contribution in [1.82, 2.24) is 34.9 Å². The summed E-state index contributed by atoms with van der Waals surface area (Å²) in [6, 6.07) is 71.9. The van der Waals surface area contributed by atoms with E-state index in [1.165, 1.54) is 68.7 Å². The Morgan fingerprint density at radius 1 is 0.346 bits per heavy atom. The minimum Gasteiger partial charge on any atom is -0.512 e. The summed E-state index contributed by atoms with van der Waals surface area (Å²) in [5, 5.41) is 25.0. The number of carboxylic acids is 2. The molecule has 0 amide bonds. The molecular weight excluding hydrogens is 2250 g/mol. The topological polar surface area (TPSA) is 202 Å². The summed E-state index contributed by atoms with van der Waals surface area (Å²) in [4.78, 5) is 57.8. The SMILES string of the molecule is CC(=O)C=C(C)O.Fc1c[c-]c(-c2ccccn2)c(F)c1.Fc1c[c-]c(-c2ccccn2)c(F)c1.Fc1c[c-]c(-c2ccccn2)c(F)c1.Fc1ccc(-c2cc(F)c[c-]c2-c2ccccn2)cc1.O=C(O)c1ccccn1.O=C(O)c1ccccn1.[Ir].[Ir].[Ir].[Pt].[Pt].[c-]1ccccc1-c1ccccn1. The van der Waals surface area contributed by atoms with Crippen LogP contribution in [-0.4, -0.2) is 67.9 Å². The van der Waals surface area contributed by atoms with Crippen molar-refractivity contribution >= 4 is 17.7 Å². The number of aliphatic hydroxyl groups excluding tert-OH is 1. The number of carbonyl (C=O) groups excluding carboxylic acids is 1. The molecule has 0 saturated carbocycles. The van der Waals surface area contributed by atoms with E-state index < -0.39 is 46.8 Å². The standard InChI is InChI=1S/C17H10F2N.3C11H6F2N.C11H8N.2C6H5NO2.C5H8O2.3Ir.2Pt/c18-13-6-4-12(5-7-13)16-11-14(19)8-9-15(16)17-3-1-2-10-20-17;3*12-8-4-5-9(10(13)7-8)11-3-1-2-6-14-11;1-2-6-10(7-3-1)11-8-4-5-9-12-11;2*8-6(9)5-3-1-2-4-7-5;1-4(6)3-5(2)7;;;;;/h1-8,10-11H;3*1-4,6-7H;1-6,8-9H;2*1-4H,(H,8,9);3,6H,1-2H3;;;;;/q5*-1;;;;;;;;. The molecule has 0 aliphatic rings. The number of benzene rings is 6. The van der Waals surface area contributed by atoms with Crippen LogP contribution in [0.5, 0.6) is 0 Å². The number of carboxylic acid groups (broad SMARTS) is 2. The van der Waals surface area contributed by atoms with Crippen LogP contribution in [-0.2, 0) is 107 Å². The minimum atomic E-state index is -0.990. The number of hydrogen-bond donors (Lipinski definition) is 3. The van der Waals surface area contributed by atoms with Gasteiger partial charge in [-0.25, -0.2) is 23.9 Å². The second kappa shape index (κ2) is 50.6. The van der Waals surface area contributed by atoms with E-state index in [2.05, 4.69) is 65.2 Å². The third-order valence-electron chi connectivity index (χ3n) is 12.1. The summed E-state index contributed by atoms with van der Waals surface area (Å²) in [5.41, 5.74) is 6.84. The first-order valence-corrected chi connectivity index (χ1v) is 29.0. The summed E-state index contributed by atoms with van der Waals surface area (Å²) in [7, 11) is 0. The van der Waals surface area contributed by atoms with Crippen molar-refractivity contribution in [2.24, 2.45) is 0 Å². The van der Waals surface area contributed by atoms with E-state index in [-0.39, 0.29) is 154 Å². The van der Waals surface area contributed by atoms with Gasteiger partial charge in [0.25, 0.3) is 0 Å².